The van der Waals surface area contributed by atoms with E-state index in [0.717, 1.165) is 16.5 Å². The Morgan fingerprint density at radius 1 is 1.15 bits per heavy atom. The molecule has 0 unspecified atom stereocenters. The summed E-state index contributed by atoms with van der Waals surface area (Å²) < 4.78 is 5.21. The van der Waals surface area contributed by atoms with Crippen molar-refractivity contribution in [3.8, 4) is 16.9 Å². The molecule has 3 aromatic rings. The summed E-state index contributed by atoms with van der Waals surface area (Å²) in [5, 5.41) is 10.3. The molecule has 1 aromatic heterocycles. The molecule has 0 fully saturated rings. The van der Waals surface area contributed by atoms with Crippen molar-refractivity contribution in [3.63, 3.8) is 0 Å². The predicted octanol–water partition coefficient (Wildman–Crippen LogP) is 3.54. The van der Waals surface area contributed by atoms with Crippen molar-refractivity contribution in [2.75, 3.05) is 7.11 Å². The Bertz CT molecular complexity index is 789. The average molecular weight is 267 g/mol. The van der Waals surface area contributed by atoms with Gasteiger partial charge >= 0.3 is 5.97 Å². The molecule has 0 atom stereocenters. The number of carboxylic acids is 1. The topological polar surface area (TPSA) is 62.3 Å². The largest absolute Gasteiger partial charge is 0.497 e. The number of para-hydroxylation sites is 1. The number of rotatable bonds is 3. The van der Waals surface area contributed by atoms with E-state index >= 15 is 0 Å². The highest BCUT2D eigenvalue weighted by molar-refractivity contribution is 6.07. The van der Waals surface area contributed by atoms with Gasteiger partial charge in [-0.25, -0.2) is 4.79 Å². The molecule has 0 bridgehead atoms. The molecule has 0 spiro atoms. The molecule has 0 amide bonds. The Balaban J connectivity index is 2.32. The molecular formula is C16H13NO3. The van der Waals surface area contributed by atoms with E-state index in [4.69, 9.17) is 4.74 Å². The van der Waals surface area contributed by atoms with E-state index < -0.39 is 5.97 Å². The van der Waals surface area contributed by atoms with Crippen LogP contribution in [0.4, 0.5) is 0 Å². The lowest BCUT2D eigenvalue weighted by Gasteiger charge is -2.05. The first kappa shape index (κ1) is 12.3. The zero-order valence-corrected chi connectivity index (χ0v) is 10.9. The van der Waals surface area contributed by atoms with Crippen LogP contribution in [-0.2, 0) is 0 Å². The van der Waals surface area contributed by atoms with Crippen molar-refractivity contribution in [1.29, 1.82) is 0 Å². The number of aromatic nitrogens is 1. The highest BCUT2D eigenvalue weighted by atomic mass is 16.5. The Morgan fingerprint density at radius 3 is 2.70 bits per heavy atom. The molecule has 0 aliphatic carbocycles. The van der Waals surface area contributed by atoms with Crippen LogP contribution in [0.15, 0.2) is 48.5 Å². The third-order valence-electron chi connectivity index (χ3n) is 3.28. The van der Waals surface area contributed by atoms with E-state index in [2.05, 4.69) is 4.98 Å². The van der Waals surface area contributed by atoms with Crippen LogP contribution in [0, 0.1) is 0 Å². The number of carboxylic acid groups (broad SMARTS) is 1. The number of ether oxygens (including phenoxy) is 1. The Labute approximate surface area is 115 Å². The van der Waals surface area contributed by atoms with Gasteiger partial charge in [-0.05, 0) is 23.8 Å². The zero-order chi connectivity index (χ0) is 14.1. The second-order valence-electron chi connectivity index (χ2n) is 4.46. The molecule has 3 rings (SSSR count). The van der Waals surface area contributed by atoms with Crippen LogP contribution in [0.3, 0.4) is 0 Å². The summed E-state index contributed by atoms with van der Waals surface area (Å²) in [6, 6.07) is 14.9. The van der Waals surface area contributed by atoms with Gasteiger partial charge in [0, 0.05) is 16.5 Å². The van der Waals surface area contributed by atoms with Gasteiger partial charge in [0.25, 0.3) is 0 Å². The fraction of sp³-hybridized carbons (Fsp3) is 0.0625. The van der Waals surface area contributed by atoms with E-state index in [0.29, 0.717) is 11.3 Å². The Kier molecular flexibility index (Phi) is 2.91. The van der Waals surface area contributed by atoms with Crippen LogP contribution >= 0.6 is 0 Å². The summed E-state index contributed by atoms with van der Waals surface area (Å²) in [5.41, 5.74) is 2.51. The summed E-state index contributed by atoms with van der Waals surface area (Å²) in [5.74, 6) is -0.275. The maximum Gasteiger partial charge on any atom is 0.352 e. The molecule has 2 aromatic carbocycles. The lowest BCUT2D eigenvalue weighted by Crippen LogP contribution is -1.98. The van der Waals surface area contributed by atoms with Crippen molar-refractivity contribution >= 4 is 16.9 Å². The van der Waals surface area contributed by atoms with Crippen molar-refractivity contribution < 1.29 is 14.6 Å². The highest BCUT2D eigenvalue weighted by Crippen LogP contribution is 2.34. The zero-order valence-electron chi connectivity index (χ0n) is 10.9. The van der Waals surface area contributed by atoms with Gasteiger partial charge in [0.1, 0.15) is 11.4 Å². The number of hydrogen-bond acceptors (Lipinski definition) is 2. The van der Waals surface area contributed by atoms with Gasteiger partial charge in [0.05, 0.1) is 7.11 Å². The van der Waals surface area contributed by atoms with Crippen molar-refractivity contribution in [2.24, 2.45) is 0 Å². The first-order chi connectivity index (χ1) is 9.70. The van der Waals surface area contributed by atoms with E-state index in [-0.39, 0.29) is 5.69 Å². The molecule has 0 aliphatic heterocycles. The van der Waals surface area contributed by atoms with E-state index in [1.807, 2.05) is 48.5 Å². The number of aromatic carboxylic acids is 1. The summed E-state index contributed by atoms with van der Waals surface area (Å²) in [4.78, 5) is 14.4. The number of hydrogen-bond donors (Lipinski definition) is 2. The number of H-pyrrole nitrogens is 1. The molecule has 0 saturated heterocycles. The molecule has 0 saturated carbocycles. The van der Waals surface area contributed by atoms with Gasteiger partial charge in [0.2, 0.25) is 0 Å². The number of benzene rings is 2. The van der Waals surface area contributed by atoms with Crippen LogP contribution in [-0.4, -0.2) is 23.2 Å². The van der Waals surface area contributed by atoms with Crippen LogP contribution < -0.4 is 4.74 Å². The molecule has 0 aliphatic rings. The van der Waals surface area contributed by atoms with Crippen molar-refractivity contribution in [3.05, 3.63) is 54.2 Å². The third-order valence-corrected chi connectivity index (χ3v) is 3.28. The van der Waals surface area contributed by atoms with Crippen molar-refractivity contribution in [1.82, 2.24) is 4.98 Å². The third kappa shape index (κ3) is 1.91. The normalized spacial score (nSPS) is 10.7. The predicted molar refractivity (Wildman–Crippen MR) is 77.2 cm³/mol. The second kappa shape index (κ2) is 4.74. The summed E-state index contributed by atoms with van der Waals surface area (Å²) in [6.07, 6.45) is 0. The first-order valence-electron chi connectivity index (χ1n) is 6.19. The Hall–Kier alpha value is -2.75. The fourth-order valence-corrected chi connectivity index (χ4v) is 2.38. The van der Waals surface area contributed by atoms with Gasteiger partial charge in [-0.1, -0.05) is 30.3 Å². The lowest BCUT2D eigenvalue weighted by atomic mass is 10.0. The number of carbonyl (C=O) groups is 1. The lowest BCUT2D eigenvalue weighted by molar-refractivity contribution is 0.0692. The highest BCUT2D eigenvalue weighted by Gasteiger charge is 2.18. The summed E-state index contributed by atoms with van der Waals surface area (Å²) in [6.45, 7) is 0. The maximum atomic E-state index is 11.5. The van der Waals surface area contributed by atoms with E-state index in [1.54, 1.807) is 7.11 Å². The quantitative estimate of drug-likeness (QED) is 0.763. The molecule has 4 heteroatoms. The smallest absolute Gasteiger partial charge is 0.352 e. The standard InChI is InChI=1S/C16H13NO3/c1-20-11-6-4-5-10(9-11)14-12-7-2-3-8-13(12)17-15(14)16(18)19/h2-9,17H,1H3,(H,18,19). The van der Waals surface area contributed by atoms with Crippen molar-refractivity contribution in [2.45, 2.75) is 0 Å². The number of methoxy groups -OCH3 is 1. The van der Waals surface area contributed by atoms with E-state index in [1.165, 1.54) is 0 Å². The fourth-order valence-electron chi connectivity index (χ4n) is 2.38. The summed E-state index contributed by atoms with van der Waals surface area (Å²) >= 11 is 0. The summed E-state index contributed by atoms with van der Waals surface area (Å²) in [7, 11) is 1.59. The molecular weight excluding hydrogens is 254 g/mol. The van der Waals surface area contributed by atoms with Gasteiger partial charge in [-0.15, -0.1) is 0 Å². The number of fused-ring (bicyclic) bond motifs is 1. The van der Waals surface area contributed by atoms with Gasteiger partial charge in [0.15, 0.2) is 0 Å². The number of nitrogens with one attached hydrogen (secondary N) is 1. The number of aromatic amines is 1. The maximum absolute atomic E-state index is 11.5. The molecule has 20 heavy (non-hydrogen) atoms. The molecule has 0 radical (unpaired) electrons. The Morgan fingerprint density at radius 2 is 1.95 bits per heavy atom. The minimum absolute atomic E-state index is 0.194. The van der Waals surface area contributed by atoms with Gasteiger partial charge in [-0.3, -0.25) is 0 Å². The van der Waals surface area contributed by atoms with Crippen LogP contribution in [0.2, 0.25) is 0 Å². The van der Waals surface area contributed by atoms with Crippen LogP contribution in [0.5, 0.6) is 5.75 Å². The average Bonchev–Trinajstić information content (AvgIpc) is 2.87. The monoisotopic (exact) mass is 267 g/mol. The van der Waals surface area contributed by atoms with Crippen LogP contribution in [0.25, 0.3) is 22.0 Å². The minimum atomic E-state index is -0.973. The first-order valence-corrected chi connectivity index (χ1v) is 6.19. The molecule has 1 heterocycles. The minimum Gasteiger partial charge on any atom is -0.497 e. The molecule has 100 valence electrons. The second-order valence-corrected chi connectivity index (χ2v) is 4.46. The SMILES string of the molecule is COc1cccc(-c2c(C(=O)O)[nH]c3ccccc23)c1. The van der Waals surface area contributed by atoms with Gasteiger partial charge in [-0.2, -0.15) is 0 Å². The van der Waals surface area contributed by atoms with Crippen LogP contribution in [0.1, 0.15) is 10.5 Å². The molecule has 4 nitrogen and oxygen atoms in total. The van der Waals surface area contributed by atoms with E-state index in [9.17, 15) is 9.90 Å². The van der Waals surface area contributed by atoms with Gasteiger partial charge < -0.3 is 14.8 Å². The molecule has 2 N–H and O–H groups in total.